The van der Waals surface area contributed by atoms with Crippen molar-refractivity contribution in [2.45, 2.75) is 12.3 Å². The van der Waals surface area contributed by atoms with E-state index in [0.29, 0.717) is 8.26 Å². The number of aliphatic hydroxyl groups excluding tert-OH is 1. The molecule has 17 heavy (non-hydrogen) atoms. The largest absolute Gasteiger partial charge is 0.416 e. The van der Waals surface area contributed by atoms with Gasteiger partial charge in [-0.05, 0) is 37.9 Å². The highest BCUT2D eigenvalue weighted by Gasteiger charge is 2.38. The van der Waals surface area contributed by atoms with Gasteiger partial charge in [-0.15, -0.1) is 11.3 Å². The quantitative estimate of drug-likeness (QED) is 0.825. The van der Waals surface area contributed by atoms with E-state index in [9.17, 15) is 18.0 Å². The predicted octanol–water partition coefficient (Wildman–Crippen LogP) is 2.93. The SMILES string of the molecule is O=C(NCC(O)C(F)(F)F)c1cc(Br)c(Br)s1. The van der Waals surface area contributed by atoms with Crippen molar-refractivity contribution in [3.8, 4) is 0 Å². The van der Waals surface area contributed by atoms with E-state index in [2.05, 4.69) is 31.9 Å². The van der Waals surface area contributed by atoms with Crippen molar-refractivity contribution in [1.82, 2.24) is 5.32 Å². The highest BCUT2D eigenvalue weighted by molar-refractivity contribution is 9.13. The maximum atomic E-state index is 12.0. The third-order valence-corrected chi connectivity index (χ3v) is 4.96. The van der Waals surface area contributed by atoms with Crippen LogP contribution in [0, 0.1) is 0 Å². The van der Waals surface area contributed by atoms with E-state index in [1.807, 2.05) is 5.32 Å². The summed E-state index contributed by atoms with van der Waals surface area (Å²) in [6, 6.07) is 1.48. The minimum atomic E-state index is -4.73. The maximum absolute atomic E-state index is 12.0. The average Bonchev–Trinajstić information content (AvgIpc) is 2.54. The molecule has 0 aliphatic carbocycles. The van der Waals surface area contributed by atoms with Gasteiger partial charge in [0.1, 0.15) is 0 Å². The number of rotatable bonds is 3. The number of alkyl halides is 3. The van der Waals surface area contributed by atoms with Crippen LogP contribution in [0.15, 0.2) is 14.3 Å². The molecule has 1 amide bonds. The second kappa shape index (κ2) is 5.68. The zero-order valence-electron chi connectivity index (χ0n) is 8.02. The first-order chi connectivity index (χ1) is 7.71. The molecule has 0 aromatic carbocycles. The first-order valence-electron chi connectivity index (χ1n) is 4.19. The van der Waals surface area contributed by atoms with Gasteiger partial charge in [-0.2, -0.15) is 13.2 Å². The lowest BCUT2D eigenvalue weighted by Gasteiger charge is -2.14. The lowest BCUT2D eigenvalue weighted by atomic mass is 10.3. The van der Waals surface area contributed by atoms with Gasteiger partial charge in [0.05, 0.1) is 15.2 Å². The number of hydrogen-bond donors (Lipinski definition) is 2. The molecule has 1 aromatic rings. The molecule has 96 valence electrons. The van der Waals surface area contributed by atoms with Gasteiger partial charge in [-0.25, -0.2) is 0 Å². The molecule has 1 heterocycles. The van der Waals surface area contributed by atoms with E-state index in [0.717, 1.165) is 11.3 Å². The molecule has 0 fully saturated rings. The minimum Gasteiger partial charge on any atom is -0.382 e. The number of carbonyl (C=O) groups is 1. The summed E-state index contributed by atoms with van der Waals surface area (Å²) < 4.78 is 37.2. The van der Waals surface area contributed by atoms with Crippen LogP contribution < -0.4 is 5.32 Å². The van der Waals surface area contributed by atoms with Crippen molar-refractivity contribution in [2.24, 2.45) is 0 Å². The normalized spacial score (nSPS) is 13.5. The molecule has 3 nitrogen and oxygen atoms in total. The Morgan fingerprint density at radius 3 is 2.53 bits per heavy atom. The van der Waals surface area contributed by atoms with Crippen LogP contribution in [-0.2, 0) is 0 Å². The summed E-state index contributed by atoms with van der Waals surface area (Å²) in [6.07, 6.45) is -7.29. The second-order valence-electron chi connectivity index (χ2n) is 3.00. The van der Waals surface area contributed by atoms with Crippen LogP contribution >= 0.6 is 43.2 Å². The Morgan fingerprint density at radius 2 is 2.12 bits per heavy atom. The zero-order valence-corrected chi connectivity index (χ0v) is 12.0. The molecule has 0 radical (unpaired) electrons. The van der Waals surface area contributed by atoms with Crippen LogP contribution in [0.25, 0.3) is 0 Å². The number of thiophene rings is 1. The van der Waals surface area contributed by atoms with E-state index in [-0.39, 0.29) is 4.88 Å². The summed E-state index contributed by atoms with van der Waals surface area (Å²) >= 11 is 7.39. The van der Waals surface area contributed by atoms with Crippen LogP contribution in [0.3, 0.4) is 0 Å². The van der Waals surface area contributed by atoms with Crippen molar-refractivity contribution in [2.75, 3.05) is 6.54 Å². The number of nitrogens with one attached hydrogen (secondary N) is 1. The molecule has 0 aliphatic rings. The predicted molar refractivity (Wildman–Crippen MR) is 64.1 cm³/mol. The van der Waals surface area contributed by atoms with E-state index in [1.54, 1.807) is 0 Å². The van der Waals surface area contributed by atoms with Crippen molar-refractivity contribution in [1.29, 1.82) is 0 Å². The average molecular weight is 397 g/mol. The van der Waals surface area contributed by atoms with Crippen molar-refractivity contribution < 1.29 is 23.1 Å². The summed E-state index contributed by atoms with van der Waals surface area (Å²) in [4.78, 5) is 11.7. The van der Waals surface area contributed by atoms with Crippen molar-refractivity contribution in [3.05, 3.63) is 19.2 Å². The smallest absolute Gasteiger partial charge is 0.382 e. The van der Waals surface area contributed by atoms with Crippen LogP contribution in [0.2, 0.25) is 0 Å². The molecule has 0 saturated heterocycles. The number of aliphatic hydroxyl groups is 1. The lowest BCUT2D eigenvalue weighted by molar-refractivity contribution is -0.201. The first-order valence-corrected chi connectivity index (χ1v) is 6.60. The number of carbonyl (C=O) groups excluding carboxylic acids is 1. The van der Waals surface area contributed by atoms with E-state index in [1.165, 1.54) is 6.07 Å². The van der Waals surface area contributed by atoms with Crippen molar-refractivity contribution >= 4 is 49.1 Å². The maximum Gasteiger partial charge on any atom is 0.416 e. The fourth-order valence-corrected chi connectivity index (χ4v) is 2.80. The molecule has 0 bridgehead atoms. The summed E-state index contributed by atoms with van der Waals surface area (Å²) in [5, 5.41) is 10.7. The number of hydrogen-bond acceptors (Lipinski definition) is 3. The lowest BCUT2D eigenvalue weighted by Crippen LogP contribution is -2.40. The monoisotopic (exact) mass is 395 g/mol. The van der Waals surface area contributed by atoms with Crippen molar-refractivity contribution in [3.63, 3.8) is 0 Å². The van der Waals surface area contributed by atoms with Gasteiger partial charge < -0.3 is 10.4 Å². The van der Waals surface area contributed by atoms with Crippen LogP contribution in [0.5, 0.6) is 0 Å². The molecule has 1 rings (SSSR count). The Balaban J connectivity index is 2.56. The summed E-state index contributed by atoms with van der Waals surface area (Å²) in [5.41, 5.74) is 0. The Hall–Kier alpha value is -0.120. The van der Waals surface area contributed by atoms with E-state index >= 15 is 0 Å². The standard InChI is InChI=1S/C8H6Br2F3NO2S/c9-3-1-4(17-6(3)10)7(16)14-2-5(15)8(11,12)13/h1,5,15H,2H2,(H,14,16). The molecule has 1 unspecified atom stereocenters. The van der Waals surface area contributed by atoms with Gasteiger partial charge in [0.2, 0.25) is 0 Å². The van der Waals surface area contributed by atoms with E-state index < -0.39 is 24.7 Å². The molecular formula is C8H6Br2F3NO2S. The van der Waals surface area contributed by atoms with Gasteiger partial charge >= 0.3 is 6.18 Å². The molecule has 1 atom stereocenters. The molecule has 2 N–H and O–H groups in total. The van der Waals surface area contributed by atoms with E-state index in [4.69, 9.17) is 5.11 Å². The number of halogens is 5. The second-order valence-corrected chi connectivity index (χ2v) is 6.22. The van der Waals surface area contributed by atoms with Gasteiger partial charge in [0.15, 0.2) is 6.10 Å². The molecule has 0 spiro atoms. The fraction of sp³-hybridized carbons (Fsp3) is 0.375. The Bertz CT molecular complexity index is 402. The molecule has 9 heteroatoms. The van der Waals surface area contributed by atoms with Gasteiger partial charge in [0, 0.05) is 4.47 Å². The Labute approximate surface area is 115 Å². The highest BCUT2D eigenvalue weighted by atomic mass is 79.9. The Kier molecular flexibility index (Phi) is 4.99. The third-order valence-electron chi connectivity index (χ3n) is 1.70. The third kappa shape index (κ3) is 4.23. The summed E-state index contributed by atoms with van der Waals surface area (Å²) in [6.45, 7) is -0.866. The van der Waals surface area contributed by atoms with Crippen LogP contribution in [0.1, 0.15) is 9.67 Å². The van der Waals surface area contributed by atoms with Crippen LogP contribution in [-0.4, -0.2) is 29.8 Å². The number of amides is 1. The topological polar surface area (TPSA) is 49.3 Å². The first kappa shape index (κ1) is 14.9. The molecule has 0 aliphatic heterocycles. The Morgan fingerprint density at radius 1 is 1.53 bits per heavy atom. The highest BCUT2D eigenvalue weighted by Crippen LogP contribution is 2.32. The molecular weight excluding hydrogens is 391 g/mol. The van der Waals surface area contributed by atoms with Gasteiger partial charge in [-0.1, -0.05) is 0 Å². The van der Waals surface area contributed by atoms with Gasteiger partial charge in [-0.3, -0.25) is 4.79 Å². The summed E-state index contributed by atoms with van der Waals surface area (Å²) in [5.74, 6) is -0.662. The summed E-state index contributed by atoms with van der Waals surface area (Å²) in [7, 11) is 0. The van der Waals surface area contributed by atoms with Gasteiger partial charge in [0.25, 0.3) is 5.91 Å². The fourth-order valence-electron chi connectivity index (χ4n) is 0.851. The minimum absolute atomic E-state index is 0.248. The van der Waals surface area contributed by atoms with Crippen LogP contribution in [0.4, 0.5) is 13.2 Å². The molecule has 0 saturated carbocycles. The molecule has 1 aromatic heterocycles. The zero-order chi connectivity index (χ0) is 13.2.